The summed E-state index contributed by atoms with van der Waals surface area (Å²) < 4.78 is 0. The van der Waals surface area contributed by atoms with Gasteiger partial charge >= 0.3 is 0 Å². The molecule has 0 aliphatic heterocycles. The van der Waals surface area contributed by atoms with Gasteiger partial charge in [0, 0.05) is 16.8 Å². The maximum atomic E-state index is 13.3. The van der Waals surface area contributed by atoms with Crippen molar-refractivity contribution in [2.45, 2.75) is 39.5 Å². The fourth-order valence-corrected chi connectivity index (χ4v) is 4.26. The van der Waals surface area contributed by atoms with Crippen molar-refractivity contribution < 1.29 is 14.4 Å². The summed E-state index contributed by atoms with van der Waals surface area (Å²) in [5, 5.41) is 5.59. The molecule has 4 rings (SSSR count). The normalized spacial score (nSPS) is 11.6. The molecular weight excluding hydrogens is 520 g/mol. The lowest BCUT2D eigenvalue weighted by Crippen LogP contribution is -2.30. The highest BCUT2D eigenvalue weighted by Crippen LogP contribution is 2.18. The fourth-order valence-electron chi connectivity index (χ4n) is 4.26. The smallest absolute Gasteiger partial charge is 0.272 e. The minimum Gasteiger partial charge on any atom is -0.321 e. The molecule has 42 heavy (non-hydrogen) atoms. The first kappa shape index (κ1) is 29.9. The van der Waals surface area contributed by atoms with Crippen LogP contribution < -0.4 is 10.6 Å². The van der Waals surface area contributed by atoms with E-state index in [2.05, 4.69) is 50.5 Å². The Bertz CT molecular complexity index is 1580. The molecule has 0 aromatic heterocycles. The summed E-state index contributed by atoms with van der Waals surface area (Å²) >= 11 is 0. The van der Waals surface area contributed by atoms with Crippen LogP contribution in [0.4, 0.5) is 5.69 Å². The van der Waals surface area contributed by atoms with Crippen LogP contribution in [-0.2, 0) is 4.79 Å². The predicted molar refractivity (Wildman–Crippen MR) is 171 cm³/mol. The number of benzene rings is 4. The number of allylic oxidation sites excluding steroid dienone is 1. The molecule has 2 amide bonds. The van der Waals surface area contributed by atoms with Crippen LogP contribution in [-0.4, -0.2) is 17.6 Å². The van der Waals surface area contributed by atoms with Gasteiger partial charge in [0.2, 0.25) is 0 Å². The van der Waals surface area contributed by atoms with Crippen LogP contribution in [0, 0.1) is 0 Å². The third kappa shape index (κ3) is 8.24. The van der Waals surface area contributed by atoms with Crippen molar-refractivity contribution in [3.63, 3.8) is 0 Å². The summed E-state index contributed by atoms with van der Waals surface area (Å²) in [4.78, 5) is 39.0. The van der Waals surface area contributed by atoms with Crippen molar-refractivity contribution in [1.29, 1.82) is 0 Å². The summed E-state index contributed by atoms with van der Waals surface area (Å²) in [5.74, 6) is -0.170. The highest BCUT2D eigenvalue weighted by Gasteiger charge is 2.15. The molecule has 0 unspecified atom stereocenters. The van der Waals surface area contributed by atoms with E-state index in [1.165, 1.54) is 11.1 Å². The average Bonchev–Trinajstić information content (AvgIpc) is 3.00. The molecule has 0 aliphatic carbocycles. The molecule has 0 heterocycles. The van der Waals surface area contributed by atoms with E-state index in [-0.39, 0.29) is 17.4 Å². The molecule has 4 aromatic carbocycles. The zero-order valence-corrected chi connectivity index (χ0v) is 24.4. The first-order chi connectivity index (χ1) is 20.2. The van der Waals surface area contributed by atoms with Crippen LogP contribution in [0.5, 0.6) is 0 Å². The van der Waals surface area contributed by atoms with Crippen LogP contribution in [0.25, 0.3) is 12.2 Å². The van der Waals surface area contributed by atoms with E-state index in [4.69, 9.17) is 0 Å². The molecule has 0 aliphatic rings. The number of rotatable bonds is 10. The molecule has 4 aromatic rings. The predicted octanol–water partition coefficient (Wildman–Crippen LogP) is 8.24. The highest BCUT2D eigenvalue weighted by atomic mass is 16.2. The van der Waals surface area contributed by atoms with Gasteiger partial charge in [-0.15, -0.1) is 0 Å². The molecule has 0 radical (unpaired) electrons. The first-order valence-corrected chi connectivity index (χ1v) is 14.1. The maximum absolute atomic E-state index is 13.3. The Hall–Kier alpha value is -5.03. The molecule has 0 spiro atoms. The van der Waals surface area contributed by atoms with Gasteiger partial charge in [0.05, 0.1) is 0 Å². The van der Waals surface area contributed by atoms with E-state index >= 15 is 0 Å². The SMILES string of the molecule is CC(C)c1ccc(/C=C(\NC(=O)c2ccccc2)C(=O)Nc2ccc(C(=O)/C=C/c3ccc(C(C)C)cc3)cc2)cc1. The molecule has 0 saturated heterocycles. The molecule has 0 saturated carbocycles. The summed E-state index contributed by atoms with van der Waals surface area (Å²) in [6.45, 7) is 8.52. The van der Waals surface area contributed by atoms with Gasteiger partial charge < -0.3 is 10.6 Å². The molecule has 2 N–H and O–H groups in total. The van der Waals surface area contributed by atoms with Crippen molar-refractivity contribution in [2.24, 2.45) is 0 Å². The van der Waals surface area contributed by atoms with E-state index in [1.807, 2.05) is 42.5 Å². The van der Waals surface area contributed by atoms with Gasteiger partial charge in [0.1, 0.15) is 5.70 Å². The number of carbonyl (C=O) groups excluding carboxylic acids is 3. The minimum atomic E-state index is -0.476. The fraction of sp³-hybridized carbons (Fsp3) is 0.162. The van der Waals surface area contributed by atoms with Gasteiger partial charge in [-0.25, -0.2) is 0 Å². The number of hydrogen-bond donors (Lipinski definition) is 2. The second-order valence-corrected chi connectivity index (χ2v) is 10.7. The van der Waals surface area contributed by atoms with E-state index in [9.17, 15) is 14.4 Å². The molecular formula is C37H36N2O3. The van der Waals surface area contributed by atoms with Gasteiger partial charge in [-0.3, -0.25) is 14.4 Å². The van der Waals surface area contributed by atoms with E-state index in [0.717, 1.165) is 11.1 Å². The molecule has 0 fully saturated rings. The van der Waals surface area contributed by atoms with Crippen molar-refractivity contribution in [1.82, 2.24) is 5.32 Å². The van der Waals surface area contributed by atoms with E-state index < -0.39 is 5.91 Å². The standard InChI is InChI=1S/C37H36N2O3/c1-25(2)29-15-10-27(11-16-29)14-23-35(40)31-19-21-33(22-20-31)38-37(42)34(39-36(41)32-8-6-5-7-9-32)24-28-12-17-30(18-13-28)26(3)4/h5-26H,1-4H3,(H,38,42)(H,39,41)/b23-14+,34-24-. The quantitative estimate of drug-likeness (QED) is 0.153. The maximum Gasteiger partial charge on any atom is 0.272 e. The molecule has 0 atom stereocenters. The van der Waals surface area contributed by atoms with Crippen LogP contribution in [0.2, 0.25) is 0 Å². The zero-order chi connectivity index (χ0) is 30.1. The second kappa shape index (κ2) is 14.0. The van der Waals surface area contributed by atoms with E-state index in [0.29, 0.717) is 28.7 Å². The Balaban J connectivity index is 1.48. The number of anilines is 1. The van der Waals surface area contributed by atoms with Gasteiger partial charge in [0.25, 0.3) is 11.8 Å². The lowest BCUT2D eigenvalue weighted by Gasteiger charge is -2.12. The number of amides is 2. The second-order valence-electron chi connectivity index (χ2n) is 10.7. The van der Waals surface area contributed by atoms with Crippen molar-refractivity contribution in [3.05, 3.63) is 148 Å². The third-order valence-corrected chi connectivity index (χ3v) is 6.90. The van der Waals surface area contributed by atoms with Gasteiger partial charge in [-0.1, -0.05) is 101 Å². The molecule has 212 valence electrons. The number of carbonyl (C=O) groups is 3. The number of ketones is 1. The zero-order valence-electron chi connectivity index (χ0n) is 24.4. The molecule has 5 heteroatoms. The Morgan fingerprint density at radius 1 is 0.619 bits per heavy atom. The van der Waals surface area contributed by atoms with Crippen LogP contribution in [0.3, 0.4) is 0 Å². The topological polar surface area (TPSA) is 75.3 Å². The first-order valence-electron chi connectivity index (χ1n) is 14.1. The monoisotopic (exact) mass is 556 g/mol. The Morgan fingerprint density at radius 3 is 1.71 bits per heavy atom. The van der Waals surface area contributed by atoms with Crippen LogP contribution >= 0.6 is 0 Å². The summed E-state index contributed by atoms with van der Waals surface area (Å²) in [7, 11) is 0. The summed E-state index contributed by atoms with van der Waals surface area (Å²) in [6.07, 6.45) is 4.99. The van der Waals surface area contributed by atoms with Crippen LogP contribution in [0.15, 0.2) is 115 Å². The largest absolute Gasteiger partial charge is 0.321 e. The number of hydrogen-bond acceptors (Lipinski definition) is 3. The highest BCUT2D eigenvalue weighted by molar-refractivity contribution is 6.11. The molecule has 5 nitrogen and oxygen atoms in total. The van der Waals surface area contributed by atoms with Gasteiger partial charge in [-0.05, 0) is 82.6 Å². The van der Waals surface area contributed by atoms with Crippen molar-refractivity contribution in [3.8, 4) is 0 Å². The molecule has 0 bridgehead atoms. The van der Waals surface area contributed by atoms with Crippen LogP contribution in [0.1, 0.15) is 82.5 Å². The lowest BCUT2D eigenvalue weighted by molar-refractivity contribution is -0.113. The van der Waals surface area contributed by atoms with Gasteiger partial charge in [-0.2, -0.15) is 0 Å². The summed E-state index contributed by atoms with van der Waals surface area (Å²) in [6, 6.07) is 31.4. The van der Waals surface area contributed by atoms with Crippen molar-refractivity contribution in [2.75, 3.05) is 5.32 Å². The van der Waals surface area contributed by atoms with E-state index in [1.54, 1.807) is 66.8 Å². The van der Waals surface area contributed by atoms with Gasteiger partial charge in [0.15, 0.2) is 5.78 Å². The average molecular weight is 557 g/mol. The lowest BCUT2D eigenvalue weighted by atomic mass is 10.0. The number of nitrogens with one attached hydrogen (secondary N) is 2. The Labute approximate surface area is 248 Å². The Kier molecular flexibility index (Phi) is 10.0. The minimum absolute atomic E-state index is 0.104. The Morgan fingerprint density at radius 2 is 1.17 bits per heavy atom. The third-order valence-electron chi connectivity index (χ3n) is 6.90. The van der Waals surface area contributed by atoms with Crippen molar-refractivity contribution >= 4 is 35.4 Å². The summed E-state index contributed by atoms with van der Waals surface area (Å²) in [5.41, 5.74) is 5.71.